The molecule has 0 aromatic heterocycles. The molecule has 3 nitrogen and oxygen atoms in total. The third kappa shape index (κ3) is 4.51. The zero-order valence-corrected chi connectivity index (χ0v) is 12.3. The Morgan fingerprint density at radius 1 is 1.11 bits per heavy atom. The number of hydrogen-bond donors (Lipinski definition) is 2. The number of nitrogens with one attached hydrogen (secondary N) is 2. The second-order valence-corrected chi connectivity index (χ2v) is 5.65. The molecule has 0 amide bonds. The minimum atomic E-state index is 0.233. The molecule has 2 rings (SSSR count). The molecule has 0 saturated carbocycles. The van der Waals surface area contributed by atoms with E-state index in [-0.39, 0.29) is 6.10 Å². The van der Waals surface area contributed by atoms with E-state index in [1.54, 1.807) is 0 Å². The van der Waals surface area contributed by atoms with E-state index in [2.05, 4.69) is 55.7 Å². The van der Waals surface area contributed by atoms with E-state index in [4.69, 9.17) is 4.74 Å². The van der Waals surface area contributed by atoms with Gasteiger partial charge in [-0.3, -0.25) is 0 Å². The lowest BCUT2D eigenvalue weighted by Gasteiger charge is -2.27. The van der Waals surface area contributed by atoms with Gasteiger partial charge in [-0.1, -0.05) is 12.1 Å². The summed E-state index contributed by atoms with van der Waals surface area (Å²) in [6.45, 7) is 8.60. The Kier molecular flexibility index (Phi) is 5.23. The van der Waals surface area contributed by atoms with Crippen molar-refractivity contribution < 1.29 is 4.74 Å². The van der Waals surface area contributed by atoms with Crippen molar-refractivity contribution in [3.8, 4) is 5.75 Å². The fourth-order valence-corrected chi connectivity index (χ4v) is 2.55. The van der Waals surface area contributed by atoms with Gasteiger partial charge in [-0.05, 0) is 64.4 Å². The Hall–Kier alpha value is -1.06. The zero-order chi connectivity index (χ0) is 13.7. The molecule has 1 aliphatic heterocycles. The van der Waals surface area contributed by atoms with Crippen LogP contribution in [0.2, 0.25) is 0 Å². The van der Waals surface area contributed by atoms with Crippen molar-refractivity contribution in [3.63, 3.8) is 0 Å². The van der Waals surface area contributed by atoms with Crippen molar-refractivity contribution in [1.82, 2.24) is 10.6 Å². The van der Waals surface area contributed by atoms with Crippen molar-refractivity contribution in [3.05, 3.63) is 29.8 Å². The van der Waals surface area contributed by atoms with Crippen LogP contribution in [0.3, 0.4) is 0 Å². The van der Waals surface area contributed by atoms with Crippen molar-refractivity contribution in [1.29, 1.82) is 0 Å². The van der Waals surface area contributed by atoms with Crippen LogP contribution in [0.5, 0.6) is 5.75 Å². The predicted molar refractivity (Wildman–Crippen MR) is 79.6 cm³/mol. The van der Waals surface area contributed by atoms with E-state index in [0.29, 0.717) is 12.1 Å². The second-order valence-electron chi connectivity index (χ2n) is 5.65. The lowest BCUT2D eigenvalue weighted by molar-refractivity contribution is 0.242. The van der Waals surface area contributed by atoms with Gasteiger partial charge in [-0.25, -0.2) is 0 Å². The standard InChI is InChI=1S/C16H26N2O/c1-12(2)19-16-6-4-14(5-7-16)13(3)18-15-8-10-17-11-9-15/h4-7,12-13,15,17-18H,8-11H2,1-3H3. The highest BCUT2D eigenvalue weighted by Crippen LogP contribution is 2.20. The summed E-state index contributed by atoms with van der Waals surface area (Å²) in [7, 11) is 0. The first kappa shape index (κ1) is 14.4. The third-order valence-corrected chi connectivity index (χ3v) is 3.58. The van der Waals surface area contributed by atoms with Crippen LogP contribution in [0.25, 0.3) is 0 Å². The molecule has 1 saturated heterocycles. The number of rotatable bonds is 5. The van der Waals surface area contributed by atoms with Gasteiger partial charge < -0.3 is 15.4 Å². The number of hydrogen-bond acceptors (Lipinski definition) is 3. The van der Waals surface area contributed by atoms with Crippen LogP contribution >= 0.6 is 0 Å². The average molecular weight is 262 g/mol. The summed E-state index contributed by atoms with van der Waals surface area (Å²) in [6, 6.07) is 9.50. The van der Waals surface area contributed by atoms with Gasteiger partial charge in [0.2, 0.25) is 0 Å². The molecule has 0 bridgehead atoms. The summed E-state index contributed by atoms with van der Waals surface area (Å²) in [5.74, 6) is 0.952. The summed E-state index contributed by atoms with van der Waals surface area (Å²) >= 11 is 0. The normalized spacial score (nSPS) is 18.5. The largest absolute Gasteiger partial charge is 0.491 e. The molecule has 1 aromatic rings. The van der Waals surface area contributed by atoms with Gasteiger partial charge in [0.25, 0.3) is 0 Å². The number of ether oxygens (including phenoxy) is 1. The SMILES string of the molecule is CC(C)Oc1ccc(C(C)NC2CCNCC2)cc1. The molecule has 1 atom stereocenters. The molecule has 1 unspecified atom stereocenters. The van der Waals surface area contributed by atoms with E-state index in [0.717, 1.165) is 18.8 Å². The maximum Gasteiger partial charge on any atom is 0.119 e. The number of piperidine rings is 1. The molecule has 1 aromatic carbocycles. The molecule has 1 aliphatic rings. The van der Waals surface area contributed by atoms with Crippen molar-refractivity contribution in [2.24, 2.45) is 0 Å². The maximum atomic E-state index is 5.67. The Bertz CT molecular complexity index is 369. The first-order valence-electron chi connectivity index (χ1n) is 7.38. The van der Waals surface area contributed by atoms with E-state index in [9.17, 15) is 0 Å². The molecule has 19 heavy (non-hydrogen) atoms. The minimum Gasteiger partial charge on any atom is -0.491 e. The summed E-state index contributed by atoms with van der Waals surface area (Å²) in [4.78, 5) is 0. The van der Waals surface area contributed by atoms with Crippen LogP contribution in [0.4, 0.5) is 0 Å². The molecule has 1 heterocycles. The van der Waals surface area contributed by atoms with E-state index in [1.807, 2.05) is 0 Å². The highest BCUT2D eigenvalue weighted by atomic mass is 16.5. The van der Waals surface area contributed by atoms with Crippen molar-refractivity contribution >= 4 is 0 Å². The van der Waals surface area contributed by atoms with Crippen LogP contribution in [0.1, 0.15) is 45.2 Å². The lowest BCUT2D eigenvalue weighted by atomic mass is 10.0. The first-order valence-corrected chi connectivity index (χ1v) is 7.38. The highest BCUT2D eigenvalue weighted by molar-refractivity contribution is 5.29. The Morgan fingerprint density at radius 3 is 2.32 bits per heavy atom. The fraction of sp³-hybridized carbons (Fsp3) is 0.625. The van der Waals surface area contributed by atoms with Gasteiger partial charge in [0.15, 0.2) is 0 Å². The fourth-order valence-electron chi connectivity index (χ4n) is 2.55. The van der Waals surface area contributed by atoms with E-state index in [1.165, 1.54) is 18.4 Å². The summed E-state index contributed by atoms with van der Waals surface area (Å²) < 4.78 is 5.67. The Morgan fingerprint density at radius 2 is 1.74 bits per heavy atom. The van der Waals surface area contributed by atoms with Crippen LogP contribution in [-0.4, -0.2) is 25.2 Å². The monoisotopic (exact) mass is 262 g/mol. The number of benzene rings is 1. The smallest absolute Gasteiger partial charge is 0.119 e. The molecule has 0 spiro atoms. The average Bonchev–Trinajstić information content (AvgIpc) is 2.40. The molecule has 0 aliphatic carbocycles. The van der Waals surface area contributed by atoms with E-state index >= 15 is 0 Å². The molecule has 106 valence electrons. The lowest BCUT2D eigenvalue weighted by Crippen LogP contribution is -2.40. The summed E-state index contributed by atoms with van der Waals surface area (Å²) in [6.07, 6.45) is 2.67. The Labute approximate surface area is 116 Å². The van der Waals surface area contributed by atoms with Gasteiger partial charge in [0.1, 0.15) is 5.75 Å². The maximum absolute atomic E-state index is 5.67. The van der Waals surface area contributed by atoms with Gasteiger partial charge in [-0.2, -0.15) is 0 Å². The van der Waals surface area contributed by atoms with Crippen LogP contribution in [0.15, 0.2) is 24.3 Å². The van der Waals surface area contributed by atoms with Gasteiger partial charge >= 0.3 is 0 Å². The molecule has 3 heteroatoms. The van der Waals surface area contributed by atoms with Crippen LogP contribution in [-0.2, 0) is 0 Å². The van der Waals surface area contributed by atoms with Crippen molar-refractivity contribution in [2.75, 3.05) is 13.1 Å². The zero-order valence-electron chi connectivity index (χ0n) is 12.3. The third-order valence-electron chi connectivity index (χ3n) is 3.58. The van der Waals surface area contributed by atoms with Crippen molar-refractivity contribution in [2.45, 2.75) is 51.8 Å². The molecular formula is C16H26N2O. The minimum absolute atomic E-state index is 0.233. The second kappa shape index (κ2) is 6.92. The quantitative estimate of drug-likeness (QED) is 0.856. The summed E-state index contributed by atoms with van der Waals surface area (Å²) in [5.41, 5.74) is 1.33. The van der Waals surface area contributed by atoms with Crippen LogP contribution < -0.4 is 15.4 Å². The highest BCUT2D eigenvalue weighted by Gasteiger charge is 2.15. The topological polar surface area (TPSA) is 33.3 Å². The Balaban J connectivity index is 1.89. The van der Waals surface area contributed by atoms with Gasteiger partial charge in [0, 0.05) is 12.1 Å². The molecule has 0 radical (unpaired) electrons. The van der Waals surface area contributed by atoms with Gasteiger partial charge in [0.05, 0.1) is 6.10 Å². The van der Waals surface area contributed by atoms with E-state index < -0.39 is 0 Å². The predicted octanol–water partition coefficient (Wildman–Crippen LogP) is 2.88. The molecular weight excluding hydrogens is 236 g/mol. The molecule has 2 N–H and O–H groups in total. The first-order chi connectivity index (χ1) is 9.15. The van der Waals surface area contributed by atoms with Crippen LogP contribution in [0, 0.1) is 0 Å². The molecule has 1 fully saturated rings. The van der Waals surface area contributed by atoms with Gasteiger partial charge in [-0.15, -0.1) is 0 Å². The summed E-state index contributed by atoms with van der Waals surface area (Å²) in [5, 5.41) is 7.11.